The predicted octanol–water partition coefficient (Wildman–Crippen LogP) is 3.47. The van der Waals surface area contributed by atoms with Gasteiger partial charge in [0.05, 0.1) is 24.1 Å². The number of hydrogen-bond acceptors (Lipinski definition) is 4. The Labute approximate surface area is 137 Å². The van der Waals surface area contributed by atoms with Crippen molar-refractivity contribution in [3.63, 3.8) is 0 Å². The Hall–Kier alpha value is -1.83. The molecule has 1 fully saturated rings. The quantitative estimate of drug-likeness (QED) is 0.766. The van der Waals surface area contributed by atoms with Crippen molar-refractivity contribution < 1.29 is 27.2 Å². The smallest absolute Gasteiger partial charge is 0.369 e. The van der Waals surface area contributed by atoms with Crippen LogP contribution in [0.25, 0.3) is 0 Å². The fourth-order valence-electron chi connectivity index (χ4n) is 2.22. The van der Waals surface area contributed by atoms with Crippen molar-refractivity contribution in [3.8, 4) is 0 Å². The molecule has 1 saturated heterocycles. The second-order valence-electron chi connectivity index (χ2n) is 6.71. The number of rotatable bonds is 2. The SMILES string of the molecule is CC(C)(C)C(=O)ON1CCN(c2ccc(C(F)(F)F)c(F)c2)CC1. The molecule has 0 saturated carbocycles. The first-order valence-electron chi connectivity index (χ1n) is 7.57. The highest BCUT2D eigenvalue weighted by Gasteiger charge is 2.34. The van der Waals surface area contributed by atoms with Gasteiger partial charge in [0.1, 0.15) is 5.82 Å². The lowest BCUT2D eigenvalue weighted by atomic mass is 9.98. The van der Waals surface area contributed by atoms with E-state index in [1.54, 1.807) is 25.7 Å². The third-order valence-electron chi connectivity index (χ3n) is 3.69. The molecular weight excluding hydrogens is 328 g/mol. The number of carbonyl (C=O) groups is 1. The molecule has 0 bridgehead atoms. The Kier molecular flexibility index (Phi) is 5.08. The second-order valence-corrected chi connectivity index (χ2v) is 6.71. The van der Waals surface area contributed by atoms with Gasteiger partial charge < -0.3 is 9.74 Å². The summed E-state index contributed by atoms with van der Waals surface area (Å²) in [4.78, 5) is 18.9. The largest absolute Gasteiger partial charge is 0.419 e. The van der Waals surface area contributed by atoms with Gasteiger partial charge in [0, 0.05) is 18.8 Å². The van der Waals surface area contributed by atoms with Gasteiger partial charge in [-0.15, -0.1) is 5.06 Å². The van der Waals surface area contributed by atoms with E-state index in [2.05, 4.69) is 0 Å². The Morgan fingerprint density at radius 1 is 1.08 bits per heavy atom. The van der Waals surface area contributed by atoms with Crippen molar-refractivity contribution in [1.29, 1.82) is 0 Å². The molecule has 0 amide bonds. The number of alkyl halides is 3. The Bertz CT molecular complexity index is 603. The van der Waals surface area contributed by atoms with Crippen LogP contribution in [0.1, 0.15) is 26.3 Å². The summed E-state index contributed by atoms with van der Waals surface area (Å²) in [5.74, 6) is -1.64. The molecule has 0 atom stereocenters. The minimum absolute atomic E-state index is 0.350. The average molecular weight is 348 g/mol. The van der Waals surface area contributed by atoms with Gasteiger partial charge >= 0.3 is 12.1 Å². The maximum atomic E-state index is 13.7. The van der Waals surface area contributed by atoms with Gasteiger partial charge in [-0.25, -0.2) is 9.18 Å². The summed E-state index contributed by atoms with van der Waals surface area (Å²) < 4.78 is 51.4. The van der Waals surface area contributed by atoms with E-state index in [4.69, 9.17) is 4.84 Å². The van der Waals surface area contributed by atoms with Crippen molar-refractivity contribution in [1.82, 2.24) is 5.06 Å². The van der Waals surface area contributed by atoms with Gasteiger partial charge in [-0.2, -0.15) is 13.2 Å². The van der Waals surface area contributed by atoms with Gasteiger partial charge in [-0.05, 0) is 39.0 Å². The Balaban J connectivity index is 1.98. The molecule has 2 rings (SSSR count). The highest BCUT2D eigenvalue weighted by atomic mass is 19.4. The highest BCUT2D eigenvalue weighted by molar-refractivity contribution is 5.75. The summed E-state index contributed by atoms with van der Waals surface area (Å²) in [6.07, 6.45) is -4.71. The molecule has 4 nitrogen and oxygen atoms in total. The van der Waals surface area contributed by atoms with Gasteiger partial charge in [0.2, 0.25) is 0 Å². The van der Waals surface area contributed by atoms with E-state index >= 15 is 0 Å². The van der Waals surface area contributed by atoms with E-state index in [1.165, 1.54) is 11.1 Å². The van der Waals surface area contributed by atoms with Crippen molar-refractivity contribution in [2.24, 2.45) is 5.41 Å². The van der Waals surface area contributed by atoms with E-state index in [9.17, 15) is 22.4 Å². The van der Waals surface area contributed by atoms with E-state index < -0.39 is 23.0 Å². The maximum Gasteiger partial charge on any atom is 0.419 e. The second kappa shape index (κ2) is 6.58. The number of benzene rings is 1. The van der Waals surface area contributed by atoms with E-state index in [0.29, 0.717) is 31.9 Å². The lowest BCUT2D eigenvalue weighted by Gasteiger charge is -2.35. The molecular formula is C16H20F4N2O2. The third-order valence-corrected chi connectivity index (χ3v) is 3.69. The molecule has 1 aromatic rings. The standard InChI is InChI=1S/C16H20F4N2O2/c1-15(2,3)14(23)24-22-8-6-21(7-9-22)11-4-5-12(13(17)10-11)16(18,19)20/h4-5,10H,6-9H2,1-3H3. The normalized spacial score (nSPS) is 17.0. The average Bonchev–Trinajstić information content (AvgIpc) is 2.45. The zero-order chi connectivity index (χ0) is 18.1. The fourth-order valence-corrected chi connectivity index (χ4v) is 2.22. The van der Waals surface area contributed by atoms with Crippen LogP contribution in [0.5, 0.6) is 0 Å². The molecule has 24 heavy (non-hydrogen) atoms. The van der Waals surface area contributed by atoms with Crippen LogP contribution in [-0.4, -0.2) is 37.2 Å². The molecule has 0 spiro atoms. The molecule has 1 aliphatic rings. The van der Waals surface area contributed by atoms with Crippen LogP contribution < -0.4 is 4.90 Å². The van der Waals surface area contributed by atoms with Crippen LogP contribution in [0.3, 0.4) is 0 Å². The molecule has 1 aliphatic heterocycles. The van der Waals surface area contributed by atoms with Crippen molar-refractivity contribution >= 4 is 11.7 Å². The molecule has 0 N–H and O–H groups in total. The Morgan fingerprint density at radius 3 is 2.12 bits per heavy atom. The van der Waals surface area contributed by atoms with Crippen LogP contribution in [0.4, 0.5) is 23.2 Å². The van der Waals surface area contributed by atoms with Crippen molar-refractivity contribution in [2.45, 2.75) is 26.9 Å². The minimum Gasteiger partial charge on any atom is -0.369 e. The van der Waals surface area contributed by atoms with Crippen molar-refractivity contribution in [2.75, 3.05) is 31.1 Å². The van der Waals surface area contributed by atoms with Crippen LogP contribution in [0.2, 0.25) is 0 Å². The number of piperazine rings is 1. The lowest BCUT2D eigenvalue weighted by Crippen LogP contribution is -2.48. The van der Waals surface area contributed by atoms with Gasteiger partial charge in [-0.1, -0.05) is 0 Å². The van der Waals surface area contributed by atoms with Crippen LogP contribution in [-0.2, 0) is 15.8 Å². The summed E-state index contributed by atoms with van der Waals surface area (Å²) in [5.41, 5.74) is -1.51. The van der Waals surface area contributed by atoms with Crippen LogP contribution in [0, 0.1) is 11.2 Å². The first-order chi connectivity index (χ1) is 11.0. The van der Waals surface area contributed by atoms with Gasteiger partial charge in [-0.3, -0.25) is 0 Å². The fraction of sp³-hybridized carbons (Fsp3) is 0.562. The molecule has 0 aliphatic carbocycles. The summed E-state index contributed by atoms with van der Waals surface area (Å²) in [6.45, 7) is 6.86. The topological polar surface area (TPSA) is 32.8 Å². The summed E-state index contributed by atoms with van der Waals surface area (Å²) >= 11 is 0. The van der Waals surface area contributed by atoms with Gasteiger partial charge in [0.25, 0.3) is 0 Å². The van der Waals surface area contributed by atoms with Gasteiger partial charge in [0.15, 0.2) is 0 Å². The molecule has 1 heterocycles. The van der Waals surface area contributed by atoms with Crippen LogP contribution in [0.15, 0.2) is 18.2 Å². The minimum atomic E-state index is -4.71. The molecule has 0 radical (unpaired) electrons. The summed E-state index contributed by atoms with van der Waals surface area (Å²) in [6, 6.07) is 2.89. The molecule has 0 unspecified atom stereocenters. The zero-order valence-corrected chi connectivity index (χ0v) is 13.8. The Morgan fingerprint density at radius 2 is 1.67 bits per heavy atom. The summed E-state index contributed by atoms with van der Waals surface area (Å²) in [7, 11) is 0. The first-order valence-corrected chi connectivity index (χ1v) is 7.57. The lowest BCUT2D eigenvalue weighted by molar-refractivity contribution is -0.201. The monoisotopic (exact) mass is 348 g/mol. The van der Waals surface area contributed by atoms with Crippen LogP contribution >= 0.6 is 0 Å². The number of hydrogen-bond donors (Lipinski definition) is 0. The molecule has 0 aromatic heterocycles. The zero-order valence-electron chi connectivity index (χ0n) is 13.8. The molecule has 134 valence electrons. The first kappa shape index (κ1) is 18.5. The predicted molar refractivity (Wildman–Crippen MR) is 80.7 cm³/mol. The highest BCUT2D eigenvalue weighted by Crippen LogP contribution is 2.33. The maximum absolute atomic E-state index is 13.7. The third kappa shape index (κ3) is 4.37. The number of hydroxylamine groups is 2. The number of halogens is 4. The van der Waals surface area contributed by atoms with Crippen molar-refractivity contribution in [3.05, 3.63) is 29.6 Å². The number of anilines is 1. The van der Waals surface area contributed by atoms with E-state index in [1.807, 2.05) is 0 Å². The summed E-state index contributed by atoms with van der Waals surface area (Å²) in [5, 5.41) is 1.52. The molecule has 1 aromatic carbocycles. The number of nitrogens with zero attached hydrogens (tertiary/aromatic N) is 2. The van der Waals surface area contributed by atoms with E-state index in [0.717, 1.165) is 12.1 Å². The van der Waals surface area contributed by atoms with E-state index in [-0.39, 0.29) is 5.97 Å². The molecule has 8 heteroatoms. The number of carbonyl (C=O) groups excluding carboxylic acids is 1.